The molecule has 5 nitrogen and oxygen atoms in total. The van der Waals surface area contributed by atoms with Crippen molar-refractivity contribution in [2.75, 3.05) is 4.90 Å². The van der Waals surface area contributed by atoms with Gasteiger partial charge in [0, 0.05) is 16.8 Å². The lowest BCUT2D eigenvalue weighted by atomic mass is 10.0. The van der Waals surface area contributed by atoms with Crippen LogP contribution in [0.3, 0.4) is 0 Å². The number of hydrogen-bond acceptors (Lipinski definition) is 5. The van der Waals surface area contributed by atoms with Crippen LogP contribution in [-0.2, 0) is 0 Å². The molecule has 0 fully saturated rings. The zero-order valence-electron chi connectivity index (χ0n) is 20.0. The Morgan fingerprint density at radius 1 is 0.559 bits per heavy atom. The molecule has 0 radical (unpaired) electrons. The molecule has 34 heavy (non-hydrogen) atoms. The van der Waals surface area contributed by atoms with Gasteiger partial charge in [0.25, 0.3) is 0 Å². The van der Waals surface area contributed by atoms with Crippen LogP contribution in [0.15, 0.2) is 66.7 Å². The predicted octanol–water partition coefficient (Wildman–Crippen LogP) is 7.61. The van der Waals surface area contributed by atoms with Gasteiger partial charge in [-0.25, -0.2) is 0 Å². The van der Waals surface area contributed by atoms with Gasteiger partial charge in [0.1, 0.15) is 28.7 Å². The first-order chi connectivity index (χ1) is 16.1. The van der Waals surface area contributed by atoms with Gasteiger partial charge in [-0.3, -0.25) is 0 Å². The maximum atomic E-state index is 10.5. The number of anilines is 3. The number of phenolic OH excluding ortho intramolecular Hbond substituents is 3. The molecule has 0 atom stereocenters. The SMILES string of the molecule is Cc1cc(O)c(C)c(N(c2ccc(Oc3ccc(O)c(C)c3)cc2)c2cc(C)cc(O)c2C)c1. The van der Waals surface area contributed by atoms with E-state index >= 15 is 0 Å². The Kier molecular flexibility index (Phi) is 6.12. The van der Waals surface area contributed by atoms with Gasteiger partial charge < -0.3 is 25.0 Å². The summed E-state index contributed by atoms with van der Waals surface area (Å²) in [7, 11) is 0. The van der Waals surface area contributed by atoms with E-state index in [1.165, 1.54) is 0 Å². The summed E-state index contributed by atoms with van der Waals surface area (Å²) >= 11 is 0. The van der Waals surface area contributed by atoms with Crippen molar-refractivity contribution in [3.8, 4) is 28.7 Å². The highest BCUT2D eigenvalue weighted by atomic mass is 16.5. The van der Waals surface area contributed by atoms with Crippen molar-refractivity contribution in [3.05, 3.63) is 94.5 Å². The summed E-state index contributed by atoms with van der Waals surface area (Å²) in [6.07, 6.45) is 0. The van der Waals surface area contributed by atoms with Gasteiger partial charge in [-0.2, -0.15) is 0 Å². The second-order valence-electron chi connectivity index (χ2n) is 8.74. The number of hydrogen-bond donors (Lipinski definition) is 3. The minimum absolute atomic E-state index is 0.220. The minimum atomic E-state index is 0.220. The van der Waals surface area contributed by atoms with Crippen LogP contribution < -0.4 is 9.64 Å². The van der Waals surface area contributed by atoms with Crippen LogP contribution in [-0.4, -0.2) is 15.3 Å². The van der Waals surface area contributed by atoms with Gasteiger partial charge in [0.15, 0.2) is 0 Å². The van der Waals surface area contributed by atoms with Crippen LogP contribution in [0.5, 0.6) is 28.7 Å². The standard InChI is InChI=1S/C29H29NO4/c1-17-12-25(20(4)28(32)14-17)30(26-13-18(2)15-29(33)21(26)5)22-6-8-23(9-7-22)34-24-10-11-27(31)19(3)16-24/h6-16,31-33H,1-5H3. The van der Waals surface area contributed by atoms with Crippen molar-refractivity contribution in [1.29, 1.82) is 0 Å². The van der Waals surface area contributed by atoms with Gasteiger partial charge in [-0.15, -0.1) is 0 Å². The van der Waals surface area contributed by atoms with E-state index in [2.05, 4.69) is 0 Å². The minimum Gasteiger partial charge on any atom is -0.508 e. The lowest BCUT2D eigenvalue weighted by Crippen LogP contribution is -2.13. The Morgan fingerprint density at radius 3 is 1.56 bits per heavy atom. The second-order valence-corrected chi connectivity index (χ2v) is 8.74. The molecular formula is C29H29NO4. The highest BCUT2D eigenvalue weighted by Crippen LogP contribution is 2.43. The van der Waals surface area contributed by atoms with E-state index in [4.69, 9.17) is 4.74 Å². The highest BCUT2D eigenvalue weighted by molar-refractivity contribution is 5.83. The topological polar surface area (TPSA) is 73.2 Å². The summed E-state index contributed by atoms with van der Waals surface area (Å²) in [5.74, 6) is 1.96. The third-order valence-corrected chi connectivity index (χ3v) is 5.98. The molecule has 3 N–H and O–H groups in total. The lowest BCUT2D eigenvalue weighted by molar-refractivity contribution is 0.460. The van der Waals surface area contributed by atoms with Crippen LogP contribution in [0, 0.1) is 34.6 Å². The Balaban J connectivity index is 1.81. The van der Waals surface area contributed by atoms with Crippen LogP contribution in [0.4, 0.5) is 17.1 Å². The van der Waals surface area contributed by atoms with Crippen molar-refractivity contribution in [1.82, 2.24) is 0 Å². The number of rotatable bonds is 5. The fraction of sp³-hybridized carbons (Fsp3) is 0.172. The van der Waals surface area contributed by atoms with Crippen LogP contribution in [0.1, 0.15) is 27.8 Å². The molecular weight excluding hydrogens is 426 g/mol. The van der Waals surface area contributed by atoms with Gasteiger partial charge in [0.05, 0.1) is 11.4 Å². The summed E-state index contributed by atoms with van der Waals surface area (Å²) in [5, 5.41) is 30.8. The molecule has 4 aromatic carbocycles. The summed E-state index contributed by atoms with van der Waals surface area (Å²) in [4.78, 5) is 2.04. The van der Waals surface area contributed by atoms with Gasteiger partial charge >= 0.3 is 0 Å². The normalized spacial score (nSPS) is 10.9. The third-order valence-electron chi connectivity index (χ3n) is 5.98. The van der Waals surface area contributed by atoms with Gasteiger partial charge in [-0.05, 0) is 118 Å². The molecule has 0 saturated heterocycles. The molecule has 0 aliphatic carbocycles. The van der Waals surface area contributed by atoms with E-state index in [0.717, 1.165) is 44.9 Å². The zero-order chi connectivity index (χ0) is 24.6. The Morgan fingerprint density at radius 2 is 1.06 bits per heavy atom. The Labute approximate surface area is 200 Å². The number of nitrogens with zero attached hydrogens (tertiary/aromatic N) is 1. The molecule has 0 aliphatic rings. The molecule has 0 unspecified atom stereocenters. The van der Waals surface area contributed by atoms with Crippen LogP contribution in [0.2, 0.25) is 0 Å². The van der Waals surface area contributed by atoms with Crippen molar-refractivity contribution < 1.29 is 20.1 Å². The van der Waals surface area contributed by atoms with E-state index in [-0.39, 0.29) is 17.2 Å². The fourth-order valence-corrected chi connectivity index (χ4v) is 4.00. The molecule has 0 aromatic heterocycles. The monoisotopic (exact) mass is 455 g/mol. The number of aromatic hydroxyl groups is 3. The van der Waals surface area contributed by atoms with E-state index in [9.17, 15) is 15.3 Å². The average Bonchev–Trinajstić information content (AvgIpc) is 2.78. The second kappa shape index (κ2) is 9.02. The quantitative estimate of drug-likeness (QED) is 0.289. The largest absolute Gasteiger partial charge is 0.508 e. The molecule has 4 aromatic rings. The molecule has 5 heteroatoms. The highest BCUT2D eigenvalue weighted by Gasteiger charge is 2.20. The molecule has 0 aliphatic heterocycles. The maximum absolute atomic E-state index is 10.5. The van der Waals surface area contributed by atoms with Crippen LogP contribution >= 0.6 is 0 Å². The summed E-state index contributed by atoms with van der Waals surface area (Å²) < 4.78 is 5.97. The van der Waals surface area contributed by atoms with Crippen LogP contribution in [0.25, 0.3) is 0 Å². The van der Waals surface area contributed by atoms with Gasteiger partial charge in [-0.1, -0.05) is 0 Å². The molecule has 0 heterocycles. The first-order valence-corrected chi connectivity index (χ1v) is 11.1. The smallest absolute Gasteiger partial charge is 0.127 e. The zero-order valence-corrected chi connectivity index (χ0v) is 20.0. The Hall–Kier alpha value is -4.12. The fourth-order valence-electron chi connectivity index (χ4n) is 4.00. The number of phenols is 3. The predicted molar refractivity (Wildman–Crippen MR) is 136 cm³/mol. The first-order valence-electron chi connectivity index (χ1n) is 11.1. The molecule has 0 amide bonds. The lowest BCUT2D eigenvalue weighted by Gasteiger charge is -2.30. The van der Waals surface area contributed by atoms with Crippen molar-refractivity contribution in [3.63, 3.8) is 0 Å². The summed E-state index contributed by atoms with van der Waals surface area (Å²) in [6, 6.07) is 20.3. The number of aryl methyl sites for hydroxylation is 3. The van der Waals surface area contributed by atoms with E-state index in [1.807, 2.05) is 75.9 Å². The van der Waals surface area contributed by atoms with Crippen molar-refractivity contribution >= 4 is 17.1 Å². The third kappa shape index (κ3) is 4.50. The number of benzene rings is 4. The number of ether oxygens (including phenoxy) is 1. The van der Waals surface area contributed by atoms with E-state index in [1.54, 1.807) is 30.3 Å². The molecule has 0 saturated carbocycles. The molecule has 174 valence electrons. The van der Waals surface area contributed by atoms with Crippen molar-refractivity contribution in [2.24, 2.45) is 0 Å². The molecule has 4 rings (SSSR count). The van der Waals surface area contributed by atoms with Gasteiger partial charge in [0.2, 0.25) is 0 Å². The van der Waals surface area contributed by atoms with Crippen molar-refractivity contribution in [2.45, 2.75) is 34.6 Å². The first kappa shape index (κ1) is 23.1. The molecule has 0 spiro atoms. The Bertz CT molecular complexity index is 1300. The molecule has 0 bridgehead atoms. The summed E-state index contributed by atoms with van der Waals surface area (Å²) in [6.45, 7) is 9.47. The average molecular weight is 456 g/mol. The maximum Gasteiger partial charge on any atom is 0.127 e. The van der Waals surface area contributed by atoms with E-state index in [0.29, 0.717) is 11.5 Å². The summed E-state index contributed by atoms with van der Waals surface area (Å²) in [5.41, 5.74) is 6.60. The van der Waals surface area contributed by atoms with E-state index < -0.39 is 0 Å².